The van der Waals surface area contributed by atoms with Crippen LogP contribution in [0.2, 0.25) is 10.0 Å². The first kappa shape index (κ1) is 27.0. The van der Waals surface area contributed by atoms with Crippen LogP contribution in [0, 0.1) is 17.3 Å². The minimum Gasteiger partial charge on any atom is -0.312 e. The van der Waals surface area contributed by atoms with Crippen molar-refractivity contribution in [2.24, 2.45) is 23.0 Å². The number of carbonyl (C=O) groups is 2. The Morgan fingerprint density at radius 3 is 2.31 bits per heavy atom. The van der Waals surface area contributed by atoms with Gasteiger partial charge in [-0.25, -0.2) is 4.39 Å². The highest BCUT2D eigenvalue weighted by Crippen LogP contribution is 2.54. The molecule has 0 spiro atoms. The van der Waals surface area contributed by atoms with Crippen LogP contribution in [0.1, 0.15) is 92.3 Å². The summed E-state index contributed by atoms with van der Waals surface area (Å²) in [6.45, 7) is 7.16. The Bertz CT molecular complexity index is 1140. The standard InChI is InChI=1S/C26H34Cl2FN5O2/c1-15-5-7-16(8-6-15)34-20(10-29)17(11-32-34)24(36)33(26(30)9-22(26)25(2,3)4)14-21(35)23-18(27)12-31-13-19(23)28/h11-13,15-16,22H,5-10,14,30H2,1-4H3/t15?,16?,22-,26+/m0/s1. The van der Waals surface area contributed by atoms with E-state index in [1.54, 1.807) is 4.68 Å². The number of hydrogen-bond acceptors (Lipinski definition) is 5. The van der Waals surface area contributed by atoms with Gasteiger partial charge in [0.25, 0.3) is 5.91 Å². The number of rotatable bonds is 7. The van der Waals surface area contributed by atoms with Gasteiger partial charge in [0.1, 0.15) is 6.67 Å². The third kappa shape index (κ3) is 5.04. The van der Waals surface area contributed by atoms with E-state index in [9.17, 15) is 14.0 Å². The fraction of sp³-hybridized carbons (Fsp3) is 0.615. The lowest BCUT2D eigenvalue weighted by Gasteiger charge is -2.33. The summed E-state index contributed by atoms with van der Waals surface area (Å²) in [7, 11) is 0. The Hall–Kier alpha value is -2.03. The molecule has 1 amide bonds. The van der Waals surface area contributed by atoms with Crippen LogP contribution in [-0.4, -0.2) is 43.6 Å². The Morgan fingerprint density at radius 2 is 1.78 bits per heavy atom. The van der Waals surface area contributed by atoms with Gasteiger partial charge in [0.05, 0.1) is 51.3 Å². The Labute approximate surface area is 221 Å². The predicted molar refractivity (Wildman–Crippen MR) is 138 cm³/mol. The number of nitrogens with zero attached hydrogens (tertiary/aromatic N) is 4. The first-order chi connectivity index (χ1) is 16.9. The Kier molecular flexibility index (Phi) is 7.53. The number of nitrogens with two attached hydrogens (primary N) is 1. The fourth-order valence-corrected chi connectivity index (χ4v) is 6.15. The smallest absolute Gasteiger partial charge is 0.259 e. The molecule has 0 aliphatic heterocycles. The zero-order chi connectivity index (χ0) is 26.4. The largest absolute Gasteiger partial charge is 0.312 e. The van der Waals surface area contributed by atoms with Crippen LogP contribution in [0.25, 0.3) is 0 Å². The number of Topliss-reactive ketones (excluding diaryl/α,β-unsaturated/α-hetero) is 1. The van der Waals surface area contributed by atoms with Gasteiger partial charge in [-0.2, -0.15) is 5.10 Å². The molecule has 2 aromatic rings. The number of carbonyl (C=O) groups excluding carboxylic acids is 2. The lowest BCUT2D eigenvalue weighted by molar-refractivity contribution is 0.0564. The van der Waals surface area contributed by atoms with Crippen LogP contribution in [0.15, 0.2) is 18.6 Å². The van der Waals surface area contributed by atoms with Gasteiger partial charge in [-0.15, -0.1) is 0 Å². The van der Waals surface area contributed by atoms with E-state index in [2.05, 4.69) is 17.0 Å². The van der Waals surface area contributed by atoms with Crippen molar-refractivity contribution in [3.05, 3.63) is 45.5 Å². The first-order valence-corrected chi connectivity index (χ1v) is 13.2. The van der Waals surface area contributed by atoms with E-state index in [1.165, 1.54) is 23.5 Å². The highest BCUT2D eigenvalue weighted by atomic mass is 35.5. The lowest BCUT2D eigenvalue weighted by atomic mass is 9.87. The summed E-state index contributed by atoms with van der Waals surface area (Å²) in [4.78, 5) is 32.6. The van der Waals surface area contributed by atoms with Crippen molar-refractivity contribution in [1.82, 2.24) is 19.7 Å². The van der Waals surface area contributed by atoms with E-state index in [0.29, 0.717) is 12.3 Å². The summed E-state index contributed by atoms with van der Waals surface area (Å²) in [5.74, 6) is -0.391. The number of alkyl halides is 1. The molecule has 0 aromatic carbocycles. The average molecular weight is 538 g/mol. The van der Waals surface area contributed by atoms with E-state index >= 15 is 0 Å². The fourth-order valence-electron chi connectivity index (χ4n) is 5.58. The zero-order valence-corrected chi connectivity index (χ0v) is 22.7. The molecule has 2 aromatic heterocycles. The molecule has 2 atom stereocenters. The van der Waals surface area contributed by atoms with Crippen molar-refractivity contribution in [3.8, 4) is 0 Å². The van der Waals surface area contributed by atoms with Gasteiger partial charge < -0.3 is 10.6 Å². The molecule has 2 aliphatic carbocycles. The Morgan fingerprint density at radius 1 is 1.17 bits per heavy atom. The van der Waals surface area contributed by atoms with E-state index < -0.39 is 24.0 Å². The summed E-state index contributed by atoms with van der Waals surface area (Å²) < 4.78 is 16.0. The van der Waals surface area contributed by atoms with E-state index in [1.807, 2.05) is 20.8 Å². The van der Waals surface area contributed by atoms with Gasteiger partial charge in [-0.1, -0.05) is 50.9 Å². The molecular weight excluding hydrogens is 504 g/mol. The molecule has 36 heavy (non-hydrogen) atoms. The maximum absolute atomic E-state index is 14.4. The number of aromatic nitrogens is 3. The second-order valence-corrected chi connectivity index (χ2v) is 12.2. The molecule has 0 radical (unpaired) electrons. The summed E-state index contributed by atoms with van der Waals surface area (Å²) in [5.41, 5.74) is 5.96. The third-order valence-electron chi connectivity index (χ3n) is 7.79. The number of halogens is 3. The van der Waals surface area contributed by atoms with Crippen LogP contribution < -0.4 is 5.73 Å². The van der Waals surface area contributed by atoms with Crippen molar-refractivity contribution < 1.29 is 14.0 Å². The normalized spacial score (nSPS) is 26.1. The van der Waals surface area contributed by atoms with Crippen LogP contribution in [0.4, 0.5) is 4.39 Å². The van der Waals surface area contributed by atoms with Crippen molar-refractivity contribution in [2.45, 2.75) is 78.2 Å². The molecule has 2 saturated carbocycles. The predicted octanol–water partition coefficient (Wildman–Crippen LogP) is 5.85. The van der Waals surface area contributed by atoms with Crippen molar-refractivity contribution in [1.29, 1.82) is 0 Å². The first-order valence-electron chi connectivity index (χ1n) is 12.4. The second kappa shape index (κ2) is 10.0. The van der Waals surface area contributed by atoms with Crippen molar-refractivity contribution >= 4 is 34.9 Å². The van der Waals surface area contributed by atoms with E-state index in [-0.39, 0.29) is 50.8 Å². The highest BCUT2D eigenvalue weighted by Gasteiger charge is 2.62. The van der Waals surface area contributed by atoms with Gasteiger partial charge in [0.2, 0.25) is 0 Å². The quantitative estimate of drug-likeness (QED) is 0.353. The molecule has 10 heteroatoms. The van der Waals surface area contributed by atoms with Gasteiger partial charge in [0.15, 0.2) is 5.78 Å². The third-order valence-corrected chi connectivity index (χ3v) is 8.36. The molecule has 2 aliphatic rings. The summed E-state index contributed by atoms with van der Waals surface area (Å²) in [5, 5.41) is 4.62. The molecule has 7 nitrogen and oxygen atoms in total. The number of amides is 1. The maximum Gasteiger partial charge on any atom is 0.259 e. The minimum atomic E-state index is -1.06. The van der Waals surface area contributed by atoms with Crippen LogP contribution >= 0.6 is 23.2 Å². The molecule has 2 heterocycles. The molecule has 4 rings (SSSR count). The van der Waals surface area contributed by atoms with Crippen molar-refractivity contribution in [2.75, 3.05) is 6.54 Å². The van der Waals surface area contributed by atoms with E-state index in [0.717, 1.165) is 25.7 Å². The van der Waals surface area contributed by atoms with Gasteiger partial charge in [-0.3, -0.25) is 19.3 Å². The van der Waals surface area contributed by atoms with Crippen molar-refractivity contribution in [3.63, 3.8) is 0 Å². The number of pyridine rings is 1. The van der Waals surface area contributed by atoms with E-state index in [4.69, 9.17) is 28.9 Å². The lowest BCUT2D eigenvalue weighted by Crippen LogP contribution is -2.53. The maximum atomic E-state index is 14.4. The second-order valence-electron chi connectivity index (χ2n) is 11.4. The molecule has 196 valence electrons. The summed E-state index contributed by atoms with van der Waals surface area (Å²) in [6, 6.07) is 0.0492. The van der Waals surface area contributed by atoms with Gasteiger partial charge in [-0.05, 0) is 43.4 Å². The highest BCUT2D eigenvalue weighted by molar-refractivity contribution is 6.39. The average Bonchev–Trinajstić information content (AvgIpc) is 3.34. The molecule has 0 unspecified atom stereocenters. The minimum absolute atomic E-state index is 0.0474. The monoisotopic (exact) mass is 537 g/mol. The summed E-state index contributed by atoms with van der Waals surface area (Å²) in [6.07, 6.45) is 8.44. The summed E-state index contributed by atoms with van der Waals surface area (Å²) >= 11 is 12.4. The van der Waals surface area contributed by atoms with Gasteiger partial charge in [0, 0.05) is 18.3 Å². The molecule has 2 N–H and O–H groups in total. The SMILES string of the molecule is CC1CCC(n2ncc(C(=O)N(CC(=O)c3c(Cl)cncc3Cl)[C@]3(N)C[C@H]3C(C)(C)C)c2CF)CC1. The molecule has 0 bridgehead atoms. The topological polar surface area (TPSA) is 94.1 Å². The molecule has 0 saturated heterocycles. The number of hydrogen-bond donors (Lipinski definition) is 1. The number of ketones is 1. The van der Waals surface area contributed by atoms with Crippen LogP contribution in [0.5, 0.6) is 0 Å². The zero-order valence-electron chi connectivity index (χ0n) is 21.2. The Balaban J connectivity index is 1.69. The molecular formula is C26H34Cl2FN5O2. The molecule has 2 fully saturated rings. The van der Waals surface area contributed by atoms with Crippen LogP contribution in [-0.2, 0) is 6.67 Å². The van der Waals surface area contributed by atoms with Gasteiger partial charge >= 0.3 is 0 Å². The van der Waals surface area contributed by atoms with Crippen LogP contribution in [0.3, 0.4) is 0 Å².